The van der Waals surface area contributed by atoms with Crippen LogP contribution in [0.15, 0.2) is 24.3 Å². The highest BCUT2D eigenvalue weighted by atomic mass is 16.3. The first-order valence-corrected chi connectivity index (χ1v) is 7.91. The lowest BCUT2D eigenvalue weighted by molar-refractivity contribution is -0.141. The van der Waals surface area contributed by atoms with Crippen molar-refractivity contribution in [3.63, 3.8) is 0 Å². The lowest BCUT2D eigenvalue weighted by Gasteiger charge is -2.25. The molecule has 0 unspecified atom stereocenters. The van der Waals surface area contributed by atoms with Crippen LogP contribution in [0.2, 0.25) is 0 Å². The van der Waals surface area contributed by atoms with Gasteiger partial charge in [0.25, 0.3) is 0 Å². The van der Waals surface area contributed by atoms with Crippen LogP contribution in [0.1, 0.15) is 24.8 Å². The van der Waals surface area contributed by atoms with E-state index in [-0.39, 0.29) is 24.5 Å². The molecular formula is C17H22N2O3. The van der Waals surface area contributed by atoms with Crippen LogP contribution in [0.4, 0.5) is 5.69 Å². The van der Waals surface area contributed by atoms with Gasteiger partial charge in [-0.2, -0.15) is 0 Å². The first kappa shape index (κ1) is 15.0. The Morgan fingerprint density at radius 2 is 1.95 bits per heavy atom. The second kappa shape index (κ2) is 6.08. The molecule has 118 valence electrons. The molecule has 0 bridgehead atoms. The molecule has 5 nitrogen and oxygen atoms in total. The van der Waals surface area contributed by atoms with Gasteiger partial charge in [-0.3, -0.25) is 9.59 Å². The Morgan fingerprint density at radius 1 is 1.23 bits per heavy atom. The van der Waals surface area contributed by atoms with E-state index in [0.29, 0.717) is 19.5 Å². The number of aryl methyl sites for hydroxylation is 1. The molecule has 3 rings (SSSR count). The number of hydrogen-bond donors (Lipinski definition) is 1. The molecule has 22 heavy (non-hydrogen) atoms. The first-order chi connectivity index (χ1) is 10.6. The van der Waals surface area contributed by atoms with E-state index in [2.05, 4.69) is 0 Å². The number of benzene rings is 1. The van der Waals surface area contributed by atoms with E-state index in [1.807, 2.05) is 31.2 Å². The summed E-state index contributed by atoms with van der Waals surface area (Å²) in [7, 11) is 0. The molecule has 0 aliphatic carbocycles. The van der Waals surface area contributed by atoms with Gasteiger partial charge in [-0.05, 0) is 38.3 Å². The van der Waals surface area contributed by atoms with Crippen molar-refractivity contribution in [1.82, 2.24) is 4.90 Å². The van der Waals surface area contributed by atoms with Gasteiger partial charge < -0.3 is 14.9 Å². The third-order valence-corrected chi connectivity index (χ3v) is 4.72. The summed E-state index contributed by atoms with van der Waals surface area (Å²) in [5, 5.41) is 9.36. The average molecular weight is 302 g/mol. The summed E-state index contributed by atoms with van der Waals surface area (Å²) in [5.74, 6) is -0.818. The number of aliphatic hydroxyl groups is 1. The van der Waals surface area contributed by atoms with E-state index in [4.69, 9.17) is 0 Å². The number of likely N-dealkylation sites (tertiary alicyclic amines) is 1. The third kappa shape index (κ3) is 2.61. The highest BCUT2D eigenvalue weighted by Gasteiger charge is 2.42. The number of carbonyl (C=O) groups is 2. The van der Waals surface area contributed by atoms with Crippen LogP contribution in [0.5, 0.6) is 0 Å². The van der Waals surface area contributed by atoms with E-state index in [1.54, 1.807) is 9.80 Å². The number of nitrogens with zero attached hydrogens (tertiary/aromatic N) is 2. The molecule has 0 radical (unpaired) electrons. The van der Waals surface area contributed by atoms with Gasteiger partial charge in [-0.25, -0.2) is 0 Å². The summed E-state index contributed by atoms with van der Waals surface area (Å²) in [6.45, 7) is 3.22. The Balaban J connectivity index is 1.73. The van der Waals surface area contributed by atoms with Gasteiger partial charge in [0.2, 0.25) is 11.8 Å². The van der Waals surface area contributed by atoms with E-state index >= 15 is 0 Å². The average Bonchev–Trinajstić information content (AvgIpc) is 3.14. The van der Waals surface area contributed by atoms with E-state index in [0.717, 1.165) is 24.1 Å². The Bertz CT molecular complexity index is 570. The molecule has 0 spiro atoms. The van der Waals surface area contributed by atoms with Crippen LogP contribution in [0.3, 0.4) is 0 Å². The minimum Gasteiger partial charge on any atom is -0.394 e. The van der Waals surface area contributed by atoms with Gasteiger partial charge in [-0.15, -0.1) is 0 Å². The monoisotopic (exact) mass is 302 g/mol. The van der Waals surface area contributed by atoms with Gasteiger partial charge in [-0.1, -0.05) is 17.7 Å². The molecule has 1 aromatic carbocycles. The van der Waals surface area contributed by atoms with Crippen molar-refractivity contribution >= 4 is 17.5 Å². The number of hydrogen-bond acceptors (Lipinski definition) is 3. The van der Waals surface area contributed by atoms with Crippen molar-refractivity contribution in [3.05, 3.63) is 29.8 Å². The van der Waals surface area contributed by atoms with Gasteiger partial charge in [0, 0.05) is 18.8 Å². The summed E-state index contributed by atoms with van der Waals surface area (Å²) >= 11 is 0. The zero-order valence-electron chi connectivity index (χ0n) is 12.9. The predicted molar refractivity (Wildman–Crippen MR) is 83.5 cm³/mol. The lowest BCUT2D eigenvalue weighted by atomic mass is 10.1. The van der Waals surface area contributed by atoms with Crippen LogP contribution in [-0.4, -0.2) is 47.6 Å². The molecule has 0 saturated carbocycles. The molecule has 1 N–H and O–H groups in total. The first-order valence-electron chi connectivity index (χ1n) is 7.91. The maximum absolute atomic E-state index is 12.6. The summed E-state index contributed by atoms with van der Waals surface area (Å²) in [4.78, 5) is 28.6. The predicted octanol–water partition coefficient (Wildman–Crippen LogP) is 1.33. The minimum atomic E-state index is -0.589. The maximum atomic E-state index is 12.6. The quantitative estimate of drug-likeness (QED) is 0.857. The van der Waals surface area contributed by atoms with Crippen molar-refractivity contribution < 1.29 is 14.7 Å². The van der Waals surface area contributed by atoms with Gasteiger partial charge in [0.15, 0.2) is 0 Å². The summed E-state index contributed by atoms with van der Waals surface area (Å²) < 4.78 is 0. The zero-order valence-corrected chi connectivity index (χ0v) is 12.9. The van der Waals surface area contributed by atoms with Gasteiger partial charge in [0.05, 0.1) is 12.6 Å². The second-order valence-electron chi connectivity index (χ2n) is 6.18. The smallest absolute Gasteiger partial charge is 0.239 e. The standard InChI is InChI=1S/C17H22N2O3/c1-12-4-6-13(7-5-12)19-10-8-15(17(19)22)16(21)18-9-2-3-14(18)11-20/h4-7,14-15,20H,2-3,8-11H2,1H3/t14-,15-/m1/s1. The molecule has 2 aliphatic heterocycles. The number of amides is 2. The molecule has 2 fully saturated rings. The number of carbonyl (C=O) groups excluding carboxylic acids is 2. The van der Waals surface area contributed by atoms with Crippen molar-refractivity contribution in [1.29, 1.82) is 0 Å². The van der Waals surface area contributed by atoms with Crippen molar-refractivity contribution in [2.75, 3.05) is 24.6 Å². The zero-order chi connectivity index (χ0) is 15.7. The van der Waals surface area contributed by atoms with Crippen LogP contribution < -0.4 is 4.90 Å². The number of rotatable bonds is 3. The molecule has 2 amide bonds. The van der Waals surface area contributed by atoms with E-state index in [1.165, 1.54) is 0 Å². The fraction of sp³-hybridized carbons (Fsp3) is 0.529. The van der Waals surface area contributed by atoms with Crippen LogP contribution in [0.25, 0.3) is 0 Å². The molecule has 2 atom stereocenters. The van der Waals surface area contributed by atoms with Crippen LogP contribution in [-0.2, 0) is 9.59 Å². The molecule has 0 aromatic heterocycles. The van der Waals surface area contributed by atoms with Gasteiger partial charge >= 0.3 is 0 Å². The summed E-state index contributed by atoms with van der Waals surface area (Å²) in [5.41, 5.74) is 2.00. The normalized spacial score (nSPS) is 25.1. The van der Waals surface area contributed by atoms with E-state index < -0.39 is 5.92 Å². The molecule has 1 aromatic rings. The Hall–Kier alpha value is -1.88. The second-order valence-corrected chi connectivity index (χ2v) is 6.18. The topological polar surface area (TPSA) is 60.9 Å². The highest BCUT2D eigenvalue weighted by Crippen LogP contribution is 2.29. The Kier molecular flexibility index (Phi) is 4.16. The number of anilines is 1. The minimum absolute atomic E-state index is 0.0195. The van der Waals surface area contributed by atoms with Crippen molar-refractivity contribution in [2.24, 2.45) is 5.92 Å². The fourth-order valence-corrected chi connectivity index (χ4v) is 3.41. The SMILES string of the molecule is Cc1ccc(N2CC[C@H](C(=O)N3CCC[C@@H]3CO)C2=O)cc1. The Morgan fingerprint density at radius 3 is 2.64 bits per heavy atom. The van der Waals surface area contributed by atoms with Gasteiger partial charge in [0.1, 0.15) is 5.92 Å². The van der Waals surface area contributed by atoms with E-state index in [9.17, 15) is 14.7 Å². The highest BCUT2D eigenvalue weighted by molar-refractivity contribution is 6.09. The third-order valence-electron chi connectivity index (χ3n) is 4.72. The largest absolute Gasteiger partial charge is 0.394 e. The molecule has 2 saturated heterocycles. The summed E-state index contributed by atoms with van der Waals surface area (Å²) in [6, 6.07) is 7.67. The van der Waals surface area contributed by atoms with Crippen molar-refractivity contribution in [3.8, 4) is 0 Å². The maximum Gasteiger partial charge on any atom is 0.239 e. The van der Waals surface area contributed by atoms with Crippen LogP contribution in [0, 0.1) is 12.8 Å². The molecule has 2 heterocycles. The lowest BCUT2D eigenvalue weighted by Crippen LogP contribution is -2.43. The molecule has 5 heteroatoms. The molecule has 2 aliphatic rings. The number of aliphatic hydroxyl groups excluding tert-OH is 1. The Labute approximate surface area is 130 Å². The summed E-state index contributed by atoms with van der Waals surface area (Å²) in [6.07, 6.45) is 2.28. The van der Waals surface area contributed by atoms with Crippen LogP contribution >= 0.6 is 0 Å². The van der Waals surface area contributed by atoms with Crippen molar-refractivity contribution in [2.45, 2.75) is 32.2 Å². The molecular weight excluding hydrogens is 280 g/mol. The fourth-order valence-electron chi connectivity index (χ4n) is 3.41.